The first-order chi connectivity index (χ1) is 8.60. The average molecular weight is 248 g/mol. The second kappa shape index (κ2) is 5.65. The molecule has 100 valence electrons. The van der Waals surface area contributed by atoms with Gasteiger partial charge in [0.05, 0.1) is 0 Å². The number of rotatable bonds is 5. The van der Waals surface area contributed by atoms with E-state index >= 15 is 0 Å². The van der Waals surface area contributed by atoms with Gasteiger partial charge in [-0.2, -0.15) is 0 Å². The van der Waals surface area contributed by atoms with Crippen LogP contribution in [0, 0.1) is 12.3 Å². The predicted molar refractivity (Wildman–Crippen MR) is 74.7 cm³/mol. The molecule has 1 heterocycles. The average Bonchev–Trinajstić information content (AvgIpc) is 2.76. The first-order valence-electron chi connectivity index (χ1n) is 6.77. The standard InChI is InChI=1S/C14H24N4/c1-12-8-15-13(16-9-12)17-10-14(11-18(2)3)6-4-5-7-14/h8-9H,4-7,10-11H2,1-3H3,(H,15,16,17). The molecule has 0 unspecified atom stereocenters. The van der Waals surface area contributed by atoms with Crippen molar-refractivity contribution in [2.24, 2.45) is 5.41 Å². The Kier molecular flexibility index (Phi) is 4.17. The van der Waals surface area contributed by atoms with Gasteiger partial charge in [0.25, 0.3) is 0 Å². The maximum absolute atomic E-state index is 4.31. The lowest BCUT2D eigenvalue weighted by Gasteiger charge is -2.32. The van der Waals surface area contributed by atoms with Gasteiger partial charge in [0.1, 0.15) is 0 Å². The van der Waals surface area contributed by atoms with E-state index in [2.05, 4.69) is 34.3 Å². The number of aryl methyl sites for hydroxylation is 1. The van der Waals surface area contributed by atoms with Gasteiger partial charge in [0.15, 0.2) is 0 Å². The van der Waals surface area contributed by atoms with Crippen LogP contribution in [-0.4, -0.2) is 42.1 Å². The minimum atomic E-state index is 0.401. The Morgan fingerprint density at radius 1 is 1.22 bits per heavy atom. The Labute approximate surface area is 110 Å². The van der Waals surface area contributed by atoms with E-state index < -0.39 is 0 Å². The largest absolute Gasteiger partial charge is 0.354 e. The lowest BCUT2D eigenvalue weighted by molar-refractivity contribution is 0.215. The maximum Gasteiger partial charge on any atom is 0.222 e. The highest BCUT2D eigenvalue weighted by molar-refractivity contribution is 5.25. The van der Waals surface area contributed by atoms with Crippen molar-refractivity contribution in [3.63, 3.8) is 0 Å². The minimum absolute atomic E-state index is 0.401. The molecule has 0 aromatic carbocycles. The summed E-state index contributed by atoms with van der Waals surface area (Å²) in [5.41, 5.74) is 1.50. The summed E-state index contributed by atoms with van der Waals surface area (Å²) in [6.45, 7) is 4.13. The molecule has 1 saturated carbocycles. The molecule has 0 atom stereocenters. The van der Waals surface area contributed by atoms with Crippen LogP contribution in [0.4, 0.5) is 5.95 Å². The molecule has 4 heteroatoms. The highest BCUT2D eigenvalue weighted by Gasteiger charge is 2.34. The fourth-order valence-corrected chi connectivity index (χ4v) is 2.94. The van der Waals surface area contributed by atoms with Gasteiger partial charge >= 0.3 is 0 Å². The zero-order valence-electron chi connectivity index (χ0n) is 11.7. The Bertz CT molecular complexity index is 366. The quantitative estimate of drug-likeness (QED) is 0.868. The fraction of sp³-hybridized carbons (Fsp3) is 0.714. The van der Waals surface area contributed by atoms with E-state index in [-0.39, 0.29) is 0 Å². The summed E-state index contributed by atoms with van der Waals surface area (Å²) in [4.78, 5) is 10.9. The zero-order valence-corrected chi connectivity index (χ0v) is 11.7. The summed E-state index contributed by atoms with van der Waals surface area (Å²) in [6.07, 6.45) is 9.05. The lowest BCUT2D eigenvalue weighted by atomic mass is 9.85. The molecule has 0 radical (unpaired) electrons. The first kappa shape index (κ1) is 13.3. The summed E-state index contributed by atoms with van der Waals surface area (Å²) in [7, 11) is 4.31. The van der Waals surface area contributed by atoms with Crippen LogP contribution in [0.1, 0.15) is 31.2 Å². The van der Waals surface area contributed by atoms with E-state index in [0.29, 0.717) is 5.41 Å². The Morgan fingerprint density at radius 3 is 2.39 bits per heavy atom. The van der Waals surface area contributed by atoms with Crippen molar-refractivity contribution in [2.75, 3.05) is 32.5 Å². The van der Waals surface area contributed by atoms with E-state index in [1.807, 2.05) is 19.3 Å². The second-order valence-corrected chi connectivity index (χ2v) is 5.88. The van der Waals surface area contributed by atoms with Crippen LogP contribution in [0.2, 0.25) is 0 Å². The number of hydrogen-bond donors (Lipinski definition) is 1. The smallest absolute Gasteiger partial charge is 0.222 e. The van der Waals surface area contributed by atoms with Crippen molar-refractivity contribution in [1.82, 2.24) is 14.9 Å². The van der Waals surface area contributed by atoms with E-state index in [4.69, 9.17) is 0 Å². The van der Waals surface area contributed by atoms with Crippen LogP contribution in [0.3, 0.4) is 0 Å². The van der Waals surface area contributed by atoms with Crippen LogP contribution in [0.15, 0.2) is 12.4 Å². The first-order valence-corrected chi connectivity index (χ1v) is 6.77. The number of nitrogens with one attached hydrogen (secondary N) is 1. The van der Waals surface area contributed by atoms with Crippen molar-refractivity contribution in [3.05, 3.63) is 18.0 Å². The predicted octanol–water partition coefficient (Wildman–Crippen LogP) is 2.32. The van der Waals surface area contributed by atoms with Crippen molar-refractivity contribution < 1.29 is 0 Å². The third-order valence-electron chi connectivity index (χ3n) is 3.72. The van der Waals surface area contributed by atoms with Gasteiger partial charge in [0.2, 0.25) is 5.95 Å². The highest BCUT2D eigenvalue weighted by atomic mass is 15.1. The Balaban J connectivity index is 1.95. The van der Waals surface area contributed by atoms with Gasteiger partial charge in [-0.15, -0.1) is 0 Å². The molecular formula is C14H24N4. The van der Waals surface area contributed by atoms with E-state index in [1.54, 1.807) is 0 Å². The molecule has 0 aliphatic heterocycles. The van der Waals surface area contributed by atoms with Crippen molar-refractivity contribution in [1.29, 1.82) is 0 Å². The molecule has 4 nitrogen and oxygen atoms in total. The monoisotopic (exact) mass is 248 g/mol. The molecule has 1 fully saturated rings. The summed E-state index contributed by atoms with van der Waals surface area (Å²) in [5.74, 6) is 0.755. The van der Waals surface area contributed by atoms with E-state index in [0.717, 1.165) is 24.6 Å². The molecule has 0 saturated heterocycles. The van der Waals surface area contributed by atoms with Gasteiger partial charge in [-0.3, -0.25) is 0 Å². The van der Waals surface area contributed by atoms with E-state index in [9.17, 15) is 0 Å². The third-order valence-corrected chi connectivity index (χ3v) is 3.72. The number of anilines is 1. The zero-order chi connectivity index (χ0) is 13.0. The van der Waals surface area contributed by atoms with Crippen LogP contribution in [0.25, 0.3) is 0 Å². The van der Waals surface area contributed by atoms with Gasteiger partial charge < -0.3 is 10.2 Å². The molecule has 1 aromatic heterocycles. The molecule has 1 aliphatic carbocycles. The number of aromatic nitrogens is 2. The normalized spacial score (nSPS) is 18.2. The van der Waals surface area contributed by atoms with Crippen LogP contribution in [-0.2, 0) is 0 Å². The molecule has 0 amide bonds. The minimum Gasteiger partial charge on any atom is -0.354 e. The molecule has 0 spiro atoms. The molecular weight excluding hydrogens is 224 g/mol. The SMILES string of the molecule is Cc1cnc(NCC2(CN(C)C)CCCC2)nc1. The van der Waals surface area contributed by atoms with Crippen molar-refractivity contribution >= 4 is 5.95 Å². The number of nitrogens with zero attached hydrogens (tertiary/aromatic N) is 3. The lowest BCUT2D eigenvalue weighted by Crippen LogP contribution is -2.37. The van der Waals surface area contributed by atoms with Gasteiger partial charge in [0, 0.05) is 30.9 Å². The van der Waals surface area contributed by atoms with Gasteiger partial charge in [-0.05, 0) is 39.4 Å². The summed E-state index contributed by atoms with van der Waals surface area (Å²) >= 11 is 0. The van der Waals surface area contributed by atoms with Gasteiger partial charge in [-0.25, -0.2) is 9.97 Å². The summed E-state index contributed by atoms with van der Waals surface area (Å²) < 4.78 is 0. The second-order valence-electron chi connectivity index (χ2n) is 5.88. The fourth-order valence-electron chi connectivity index (χ4n) is 2.94. The molecule has 1 aromatic rings. The Hall–Kier alpha value is -1.16. The third kappa shape index (κ3) is 3.42. The Morgan fingerprint density at radius 2 is 1.83 bits per heavy atom. The van der Waals surface area contributed by atoms with E-state index in [1.165, 1.54) is 25.7 Å². The molecule has 1 aliphatic rings. The van der Waals surface area contributed by atoms with Crippen LogP contribution in [0.5, 0.6) is 0 Å². The van der Waals surface area contributed by atoms with Crippen LogP contribution < -0.4 is 5.32 Å². The molecule has 1 N–H and O–H groups in total. The topological polar surface area (TPSA) is 41.1 Å². The molecule has 18 heavy (non-hydrogen) atoms. The molecule has 0 bridgehead atoms. The van der Waals surface area contributed by atoms with Crippen molar-refractivity contribution in [3.8, 4) is 0 Å². The van der Waals surface area contributed by atoms with Crippen molar-refractivity contribution in [2.45, 2.75) is 32.6 Å². The number of hydrogen-bond acceptors (Lipinski definition) is 4. The van der Waals surface area contributed by atoms with Crippen LogP contribution >= 0.6 is 0 Å². The maximum atomic E-state index is 4.31. The van der Waals surface area contributed by atoms with Gasteiger partial charge in [-0.1, -0.05) is 12.8 Å². The summed E-state index contributed by atoms with van der Waals surface area (Å²) in [6, 6.07) is 0. The summed E-state index contributed by atoms with van der Waals surface area (Å²) in [5, 5.41) is 3.41. The highest BCUT2D eigenvalue weighted by Crippen LogP contribution is 2.38. The molecule has 2 rings (SSSR count).